The van der Waals surface area contributed by atoms with Crippen molar-refractivity contribution in [3.05, 3.63) is 35.7 Å². The minimum Gasteiger partial charge on any atom is -0.370 e. The van der Waals surface area contributed by atoms with Gasteiger partial charge in [-0.05, 0) is 454 Å². The zero-order valence-corrected chi connectivity index (χ0v) is 97.4. The first-order chi connectivity index (χ1) is 62.9. The van der Waals surface area contributed by atoms with E-state index in [1.54, 1.807) is 10.6 Å². The van der Waals surface area contributed by atoms with Crippen LogP contribution in [0.3, 0.4) is 0 Å². The molecule has 794 valence electrons. The van der Waals surface area contributed by atoms with Crippen LogP contribution < -0.4 is 26.9 Å². The lowest BCUT2D eigenvalue weighted by atomic mass is 9.73. The Balaban J connectivity index is 0.843. The Kier molecular flexibility index (Phi) is 32.1. The quantitative estimate of drug-likeness (QED) is 0.0447. The molecule has 0 atom stereocenters. The number of nitrogens with zero attached hydrogens (tertiary/aromatic N) is 19. The molecule has 12 aliphatic rings. The van der Waals surface area contributed by atoms with Crippen molar-refractivity contribution in [1.82, 2.24) is 106 Å². The van der Waals surface area contributed by atoms with Gasteiger partial charge in [-0.25, -0.2) is 30.8 Å². The van der Waals surface area contributed by atoms with E-state index in [0.717, 1.165) is 228 Å². The van der Waals surface area contributed by atoms with Gasteiger partial charge in [-0.15, -0.1) is 15.3 Å². The van der Waals surface area contributed by atoms with Crippen LogP contribution in [0.25, 0.3) is 0 Å². The molecule has 0 spiro atoms. The van der Waals surface area contributed by atoms with E-state index < -0.39 is 0 Å². The molecule has 0 saturated carbocycles. The number of hydrazine groups is 3. The molecule has 0 amide bonds. The third-order valence-electron chi connectivity index (χ3n) is 39.1. The summed E-state index contributed by atoms with van der Waals surface area (Å²) >= 11 is 0. The normalized spacial score (nSPS) is 29.0. The van der Waals surface area contributed by atoms with Gasteiger partial charge in [0.25, 0.3) is 0 Å². The van der Waals surface area contributed by atoms with E-state index in [1.807, 2.05) is 5.28 Å². The van der Waals surface area contributed by atoms with Gasteiger partial charge in [-0.3, -0.25) is 44.1 Å². The molecular weight excluding hydrogens is 1720 g/mol. The second kappa shape index (κ2) is 39.5. The molecule has 12 rings (SSSR count). The third kappa shape index (κ3) is 24.6. The van der Waals surface area contributed by atoms with Crippen molar-refractivity contribution in [3.8, 4) is 0 Å². The summed E-state index contributed by atoms with van der Waals surface area (Å²) in [6.07, 6.45) is 32.9. The summed E-state index contributed by atoms with van der Waals surface area (Å²) in [5.74, 6) is 5.91. The lowest BCUT2D eigenvalue weighted by Gasteiger charge is -2.60. The van der Waals surface area contributed by atoms with Crippen LogP contribution in [0.4, 0.5) is 0 Å². The third-order valence-corrected chi connectivity index (χ3v) is 39.1. The van der Waals surface area contributed by atoms with Gasteiger partial charge in [0.15, 0.2) is 17.5 Å². The molecule has 12 aliphatic heterocycles. The minimum atomic E-state index is -0.101. The number of unbranched alkanes of at least 4 members (excludes halogenated alkanes) is 6. The van der Waals surface area contributed by atoms with Crippen LogP contribution in [-0.2, 0) is 14.5 Å². The molecule has 0 unspecified atom stereocenters. The van der Waals surface area contributed by atoms with Gasteiger partial charge in [-0.2, -0.15) is 0 Å². The summed E-state index contributed by atoms with van der Waals surface area (Å²) in [6.45, 7) is 90.8. The molecule has 12 heterocycles. The lowest BCUT2D eigenvalue weighted by Crippen LogP contribution is -2.68. The number of nitrogens with one attached hydrogen (secondary N) is 5. The van der Waals surface area contributed by atoms with Gasteiger partial charge >= 0.3 is 0 Å². The van der Waals surface area contributed by atoms with Gasteiger partial charge in [-0.1, -0.05) is 41.5 Å². The van der Waals surface area contributed by atoms with E-state index in [0.29, 0.717) is 0 Å². The molecule has 0 aliphatic carbocycles. The Morgan fingerprint density at radius 1 is 0.246 bits per heavy atom. The van der Waals surface area contributed by atoms with Crippen molar-refractivity contribution < 1.29 is 14.5 Å². The maximum Gasteiger partial charge on any atom is 0.157 e. The first-order valence-electron chi connectivity index (χ1n) is 54.7. The van der Waals surface area contributed by atoms with Crippen molar-refractivity contribution in [2.24, 2.45) is 15.3 Å². The zero-order chi connectivity index (χ0) is 103. The molecule has 0 aromatic heterocycles. The summed E-state index contributed by atoms with van der Waals surface area (Å²) in [5.41, 5.74) is 10.4. The fourth-order valence-corrected chi connectivity index (χ4v) is 29.0. The van der Waals surface area contributed by atoms with Crippen LogP contribution in [0, 0.1) is 0 Å². The summed E-state index contributed by atoms with van der Waals surface area (Å²) in [5, 5.41) is 30.5. The maximum absolute atomic E-state index is 7.51. The van der Waals surface area contributed by atoms with Gasteiger partial charge in [0.05, 0.1) is 18.3 Å². The highest BCUT2D eigenvalue weighted by Gasteiger charge is 2.58. The van der Waals surface area contributed by atoms with Crippen LogP contribution in [0.1, 0.15) is 416 Å². The molecule has 138 heavy (non-hydrogen) atoms. The first kappa shape index (κ1) is 112. The highest BCUT2D eigenvalue weighted by Crippen LogP contribution is 2.52. The topological polar surface area (TPSA) is 177 Å². The number of piperidine rings is 9. The monoisotopic (exact) mass is 1930 g/mol. The van der Waals surface area contributed by atoms with Gasteiger partial charge in [0, 0.05) is 180 Å². The van der Waals surface area contributed by atoms with Gasteiger partial charge in [0.1, 0.15) is 17.5 Å². The molecule has 27 nitrogen and oxygen atoms in total. The summed E-state index contributed by atoms with van der Waals surface area (Å²) < 4.78 is 0. The van der Waals surface area contributed by atoms with E-state index >= 15 is 0 Å². The molecule has 0 aromatic rings. The Morgan fingerprint density at radius 3 is 0.623 bits per heavy atom. The van der Waals surface area contributed by atoms with E-state index in [1.165, 1.54) is 0 Å². The smallest absolute Gasteiger partial charge is 0.157 e. The highest BCUT2D eigenvalue weighted by atomic mass is 16.8. The summed E-state index contributed by atoms with van der Waals surface area (Å²) in [7, 11) is 20.9. The Hall–Kier alpha value is -4.65. The predicted octanol–water partition coefficient (Wildman–Crippen LogP) is 19.1. The molecule has 9 fully saturated rings. The van der Waals surface area contributed by atoms with Crippen molar-refractivity contribution in [2.45, 2.75) is 570 Å². The highest BCUT2D eigenvalue weighted by molar-refractivity contribution is 5.95. The molecule has 0 aromatic carbocycles. The largest absolute Gasteiger partial charge is 0.370 e. The van der Waals surface area contributed by atoms with Gasteiger partial charge in [0.2, 0.25) is 0 Å². The van der Waals surface area contributed by atoms with Crippen LogP contribution >= 0.6 is 0 Å². The summed E-state index contributed by atoms with van der Waals surface area (Å²) in [6, 6.07) is 1.42. The molecular formula is C111H212N24O3. The van der Waals surface area contributed by atoms with E-state index in [9.17, 15) is 0 Å². The van der Waals surface area contributed by atoms with E-state index in [2.05, 4.69) is 422 Å². The van der Waals surface area contributed by atoms with Crippen LogP contribution in [0.2, 0.25) is 0 Å². The van der Waals surface area contributed by atoms with Crippen molar-refractivity contribution >= 4 is 17.5 Å². The SMILES string of the molecule is CN1C(C)(C)CC(ON2N=C(N(C3CC(C)(C)N(C)C(C)(C)C3)C3CC(C)(C)N(C)C(C)(C)C3)C=C(NCCCCCCN(CCCCCCNC3=CC(N(C4CC(C)(C)N(C)C(C)(C)C4)C4CC(C)(C)N(C)C(C)(C)C4)=NN(OC4CC(C)(C)N(C)C(C)(C)C4)N3)C3=CC(N(C4CC(C)(C)N(C)C(C)(C)C4)C4CC(C)(C)N(C)C(C)(C)C4)=NN(OC4CC(C)(C)N(C)C(C)(C)C4)N3)N2)CC1(C)C. The minimum absolute atomic E-state index is 0.0369. The molecule has 0 radical (unpaired) electrons. The Morgan fingerprint density at radius 2 is 0.420 bits per heavy atom. The number of hydrogen-bond acceptors (Lipinski definition) is 27. The van der Waals surface area contributed by atoms with Crippen molar-refractivity contribution in [1.29, 1.82) is 0 Å². The fraction of sp³-hybridized carbons (Fsp3) is 0.919. The average Bonchev–Trinajstić information content (AvgIpc) is 0.790. The lowest BCUT2D eigenvalue weighted by molar-refractivity contribution is -0.255. The number of hydrogen-bond donors (Lipinski definition) is 5. The Bertz CT molecular complexity index is 3870. The first-order valence-corrected chi connectivity index (χ1v) is 54.7. The standard InChI is InChI=1S/C111H212N24O3/c1-94(2)61-79(62-95(3,4)120(94)37)130(80-63-96(5,6)121(38)97(7,8)64-80)91-58-88(114-133(117-91)136-85-73-106(25,26)126(43)107(27,28)74-85)112-54-50-46-48-52-56-129(90-60-93(119-135(116-90)138-87-77-110(33,34)128(45)111(35,36)78-87)132(83-69-102(17,18)124(41)103(19,20)70-83)84-71-104(21,22)125(42)105(23,24)72-84)57-53-49-47-51-55-113-89-59-92(118-134(115-89)137-86-75-108(29,30)127(44)109(31,32)76-86)131(81-65-98(9,10)122(39)99(11,12)66-81)82-67-100(13,14)123(40)101(15,16)68-82/h58-60,79-87,112-116H,46-57,61-78H2,1-45H3. The van der Waals surface area contributed by atoms with Crippen LogP contribution in [-0.4, -0.2) is 341 Å². The molecule has 0 bridgehead atoms. The van der Waals surface area contributed by atoms with Gasteiger partial charge < -0.3 is 30.2 Å². The van der Waals surface area contributed by atoms with Crippen molar-refractivity contribution in [2.75, 3.05) is 89.6 Å². The zero-order valence-electron chi connectivity index (χ0n) is 97.4. The van der Waals surface area contributed by atoms with Crippen LogP contribution in [0.5, 0.6) is 0 Å². The van der Waals surface area contributed by atoms with Crippen molar-refractivity contribution in [3.63, 3.8) is 0 Å². The second-order valence-corrected chi connectivity index (χ2v) is 57.5. The maximum atomic E-state index is 7.51. The average molecular weight is 1930 g/mol. The fourth-order valence-electron chi connectivity index (χ4n) is 29.0. The predicted molar refractivity (Wildman–Crippen MR) is 575 cm³/mol. The van der Waals surface area contributed by atoms with E-state index in [-0.39, 0.29) is 154 Å². The number of hydrazone groups is 3. The number of likely N-dealkylation sites (tertiary alicyclic amines) is 9. The molecule has 5 N–H and O–H groups in total. The second-order valence-electron chi connectivity index (χ2n) is 57.5. The number of amidine groups is 3. The number of rotatable bonds is 29. The van der Waals surface area contributed by atoms with Crippen LogP contribution in [0.15, 0.2) is 51.0 Å². The Labute approximate surface area is 844 Å². The van der Waals surface area contributed by atoms with E-state index in [4.69, 9.17) is 29.8 Å². The molecule has 27 heteroatoms. The molecule has 9 saturated heterocycles. The summed E-state index contributed by atoms with van der Waals surface area (Å²) in [4.78, 5) is 56.6.